The van der Waals surface area contributed by atoms with Crippen molar-refractivity contribution < 1.29 is 19.1 Å². The highest BCUT2D eigenvalue weighted by Gasteiger charge is 2.13. The van der Waals surface area contributed by atoms with Gasteiger partial charge in [-0.1, -0.05) is 41.7 Å². The SMILES string of the molecule is COC(=O)Cn1c(=NC(=O)COc2ccccc2)sc2cccc(C)c21. The molecule has 0 aliphatic heterocycles. The largest absolute Gasteiger partial charge is 0.484 e. The normalized spacial score (nSPS) is 11.5. The van der Waals surface area contributed by atoms with Gasteiger partial charge in [-0.15, -0.1) is 0 Å². The average Bonchev–Trinajstić information content (AvgIpc) is 2.99. The molecule has 0 aliphatic carbocycles. The van der Waals surface area contributed by atoms with Crippen LogP contribution in [0.3, 0.4) is 0 Å². The van der Waals surface area contributed by atoms with Gasteiger partial charge in [0.15, 0.2) is 11.4 Å². The van der Waals surface area contributed by atoms with Crippen LogP contribution in [0.2, 0.25) is 0 Å². The van der Waals surface area contributed by atoms with Crippen molar-refractivity contribution in [3.8, 4) is 5.75 Å². The van der Waals surface area contributed by atoms with E-state index >= 15 is 0 Å². The molecule has 7 heteroatoms. The van der Waals surface area contributed by atoms with Crippen LogP contribution in [0, 0.1) is 6.92 Å². The van der Waals surface area contributed by atoms with E-state index in [1.807, 2.05) is 43.3 Å². The van der Waals surface area contributed by atoms with Gasteiger partial charge in [-0.2, -0.15) is 4.99 Å². The summed E-state index contributed by atoms with van der Waals surface area (Å²) in [5.41, 5.74) is 1.87. The number of amides is 1. The summed E-state index contributed by atoms with van der Waals surface area (Å²) in [6, 6.07) is 14.9. The third-order valence-electron chi connectivity index (χ3n) is 3.74. The highest BCUT2D eigenvalue weighted by Crippen LogP contribution is 2.21. The molecule has 1 heterocycles. The van der Waals surface area contributed by atoms with Crippen molar-refractivity contribution in [1.29, 1.82) is 0 Å². The molecule has 1 amide bonds. The third kappa shape index (κ3) is 4.00. The Kier molecular flexibility index (Phi) is 5.48. The topological polar surface area (TPSA) is 69.9 Å². The lowest BCUT2D eigenvalue weighted by molar-refractivity contribution is -0.141. The third-order valence-corrected chi connectivity index (χ3v) is 4.79. The van der Waals surface area contributed by atoms with Gasteiger partial charge < -0.3 is 14.0 Å². The van der Waals surface area contributed by atoms with E-state index in [0.717, 1.165) is 15.8 Å². The molecule has 0 saturated heterocycles. The van der Waals surface area contributed by atoms with Crippen LogP contribution in [0.5, 0.6) is 5.75 Å². The van der Waals surface area contributed by atoms with E-state index in [-0.39, 0.29) is 13.2 Å². The lowest BCUT2D eigenvalue weighted by atomic mass is 10.2. The molecule has 0 radical (unpaired) electrons. The number of aryl methyl sites for hydroxylation is 1. The lowest BCUT2D eigenvalue weighted by Gasteiger charge is -2.06. The molecular formula is C19H18N2O4S. The monoisotopic (exact) mass is 370 g/mol. The number of carbonyl (C=O) groups excluding carboxylic acids is 2. The molecule has 0 bridgehead atoms. The average molecular weight is 370 g/mol. The van der Waals surface area contributed by atoms with Gasteiger partial charge in [0.1, 0.15) is 12.3 Å². The van der Waals surface area contributed by atoms with Crippen LogP contribution in [0.15, 0.2) is 53.5 Å². The van der Waals surface area contributed by atoms with Crippen molar-refractivity contribution >= 4 is 33.4 Å². The van der Waals surface area contributed by atoms with Crippen molar-refractivity contribution in [3.63, 3.8) is 0 Å². The maximum atomic E-state index is 12.2. The van der Waals surface area contributed by atoms with Gasteiger partial charge in [-0.25, -0.2) is 0 Å². The fourth-order valence-electron chi connectivity index (χ4n) is 2.53. The molecule has 1 aromatic heterocycles. The first-order chi connectivity index (χ1) is 12.6. The van der Waals surface area contributed by atoms with Gasteiger partial charge in [-0.05, 0) is 30.7 Å². The first kappa shape index (κ1) is 17.9. The summed E-state index contributed by atoms with van der Waals surface area (Å²) < 4.78 is 12.9. The second kappa shape index (κ2) is 7.97. The second-order valence-corrected chi connectivity index (χ2v) is 6.58. The number of rotatable bonds is 5. The van der Waals surface area contributed by atoms with Crippen molar-refractivity contribution in [2.24, 2.45) is 4.99 Å². The Morgan fingerprint density at radius 3 is 2.62 bits per heavy atom. The number of methoxy groups -OCH3 is 1. The van der Waals surface area contributed by atoms with Gasteiger partial charge in [-0.3, -0.25) is 9.59 Å². The van der Waals surface area contributed by atoms with Crippen LogP contribution in [0.1, 0.15) is 5.56 Å². The lowest BCUT2D eigenvalue weighted by Crippen LogP contribution is -2.23. The molecule has 3 aromatic rings. The molecule has 0 fully saturated rings. The Balaban J connectivity index is 1.93. The number of esters is 1. The van der Waals surface area contributed by atoms with Gasteiger partial charge in [0.2, 0.25) is 0 Å². The maximum Gasteiger partial charge on any atom is 0.325 e. The summed E-state index contributed by atoms with van der Waals surface area (Å²) in [5, 5.41) is 0. The molecule has 0 aliphatic rings. The van der Waals surface area contributed by atoms with E-state index in [1.54, 1.807) is 16.7 Å². The Labute approximate surface area is 154 Å². The minimum atomic E-state index is -0.420. The summed E-state index contributed by atoms with van der Waals surface area (Å²) in [6.45, 7) is 1.77. The number of benzene rings is 2. The van der Waals surface area contributed by atoms with Gasteiger partial charge in [0, 0.05) is 0 Å². The van der Waals surface area contributed by atoms with Crippen molar-refractivity contribution in [3.05, 3.63) is 58.9 Å². The van der Waals surface area contributed by atoms with Crippen molar-refractivity contribution in [1.82, 2.24) is 4.57 Å². The zero-order chi connectivity index (χ0) is 18.5. The highest BCUT2D eigenvalue weighted by molar-refractivity contribution is 7.16. The Morgan fingerprint density at radius 2 is 1.88 bits per heavy atom. The molecule has 0 saturated carbocycles. The Morgan fingerprint density at radius 1 is 1.12 bits per heavy atom. The van der Waals surface area contributed by atoms with E-state index in [9.17, 15) is 9.59 Å². The fourth-order valence-corrected chi connectivity index (χ4v) is 3.66. The van der Waals surface area contributed by atoms with Gasteiger partial charge >= 0.3 is 5.97 Å². The first-order valence-electron chi connectivity index (χ1n) is 7.99. The number of nitrogens with zero attached hydrogens (tertiary/aromatic N) is 2. The number of fused-ring (bicyclic) bond motifs is 1. The van der Waals surface area contributed by atoms with E-state index in [1.165, 1.54) is 18.4 Å². The smallest absolute Gasteiger partial charge is 0.325 e. The zero-order valence-electron chi connectivity index (χ0n) is 14.5. The van der Waals surface area contributed by atoms with Crippen LogP contribution in [-0.2, 0) is 20.9 Å². The van der Waals surface area contributed by atoms with Crippen LogP contribution in [0.4, 0.5) is 0 Å². The fraction of sp³-hybridized carbons (Fsp3) is 0.211. The van der Waals surface area contributed by atoms with E-state index in [2.05, 4.69) is 4.99 Å². The summed E-state index contributed by atoms with van der Waals surface area (Å²) in [7, 11) is 1.33. The Bertz CT molecular complexity index is 1010. The predicted octanol–water partition coefficient (Wildman–Crippen LogP) is 2.69. The Hall–Kier alpha value is -2.93. The molecule has 2 aromatic carbocycles. The summed E-state index contributed by atoms with van der Waals surface area (Å²) in [4.78, 5) is 28.6. The molecule has 0 spiro atoms. The van der Waals surface area contributed by atoms with Crippen molar-refractivity contribution in [2.45, 2.75) is 13.5 Å². The molecule has 0 N–H and O–H groups in total. The maximum absolute atomic E-state index is 12.2. The highest BCUT2D eigenvalue weighted by atomic mass is 32.1. The van der Waals surface area contributed by atoms with E-state index < -0.39 is 11.9 Å². The van der Waals surface area contributed by atoms with Crippen molar-refractivity contribution in [2.75, 3.05) is 13.7 Å². The predicted molar refractivity (Wildman–Crippen MR) is 99.1 cm³/mol. The second-order valence-electron chi connectivity index (χ2n) is 5.58. The summed E-state index contributed by atoms with van der Waals surface area (Å²) in [5.74, 6) is -0.218. The van der Waals surface area contributed by atoms with Gasteiger partial charge in [0.25, 0.3) is 5.91 Å². The zero-order valence-corrected chi connectivity index (χ0v) is 15.3. The molecular weight excluding hydrogens is 352 g/mol. The summed E-state index contributed by atoms with van der Waals surface area (Å²) in [6.07, 6.45) is 0. The molecule has 3 rings (SSSR count). The van der Waals surface area contributed by atoms with Gasteiger partial charge in [0.05, 0.1) is 17.3 Å². The number of thiazole rings is 1. The number of hydrogen-bond acceptors (Lipinski definition) is 5. The van der Waals surface area contributed by atoms with Crippen LogP contribution >= 0.6 is 11.3 Å². The molecule has 0 atom stereocenters. The number of para-hydroxylation sites is 2. The minimum absolute atomic E-state index is 0.00694. The quantitative estimate of drug-likeness (QED) is 0.648. The summed E-state index contributed by atoms with van der Waals surface area (Å²) >= 11 is 1.35. The standard InChI is InChI=1S/C19H18N2O4S/c1-13-7-6-10-15-18(13)21(11-17(23)24-2)19(26-15)20-16(22)12-25-14-8-4-3-5-9-14/h3-10H,11-12H2,1-2H3. The number of carbonyl (C=O) groups is 2. The number of ether oxygens (including phenoxy) is 2. The number of aromatic nitrogens is 1. The molecule has 26 heavy (non-hydrogen) atoms. The van der Waals surface area contributed by atoms with Crippen LogP contribution < -0.4 is 9.54 Å². The minimum Gasteiger partial charge on any atom is -0.484 e. The van der Waals surface area contributed by atoms with E-state index in [0.29, 0.717) is 10.6 Å². The van der Waals surface area contributed by atoms with E-state index in [4.69, 9.17) is 9.47 Å². The van der Waals surface area contributed by atoms with Crippen LogP contribution in [-0.4, -0.2) is 30.2 Å². The molecule has 6 nitrogen and oxygen atoms in total. The molecule has 0 unspecified atom stereocenters. The molecule has 134 valence electrons. The van der Waals surface area contributed by atoms with Crippen LogP contribution in [0.25, 0.3) is 10.2 Å². The first-order valence-corrected chi connectivity index (χ1v) is 8.81. The number of hydrogen-bond donors (Lipinski definition) is 0.